The molecule has 0 aromatic carbocycles. The second-order valence-electron chi connectivity index (χ2n) is 5.09. The third-order valence-corrected chi connectivity index (χ3v) is 4.87. The van der Waals surface area contributed by atoms with E-state index in [0.717, 1.165) is 4.96 Å². The molecule has 4 rings (SSSR count). The number of aromatic amines is 1. The van der Waals surface area contributed by atoms with E-state index in [2.05, 4.69) is 25.8 Å². The second kappa shape index (κ2) is 5.07. The van der Waals surface area contributed by atoms with Gasteiger partial charge in [0.05, 0.1) is 5.69 Å². The molecule has 0 bridgehead atoms. The molecule has 1 aliphatic heterocycles. The Morgan fingerprint density at radius 3 is 3.17 bits per heavy atom. The number of thiazole rings is 1. The van der Waals surface area contributed by atoms with Gasteiger partial charge in [0.1, 0.15) is 5.69 Å². The molecule has 4 heterocycles. The van der Waals surface area contributed by atoms with Gasteiger partial charge in [-0.3, -0.25) is 19.1 Å². The second-order valence-corrected chi connectivity index (χ2v) is 6.32. The number of rotatable bonds is 2. The zero-order chi connectivity index (χ0) is 16.1. The number of hydrogen-bond acceptors (Lipinski definition) is 5. The molecule has 2 amide bonds. The molecule has 10 heteroatoms. The summed E-state index contributed by atoms with van der Waals surface area (Å²) in [5.41, 5.74) is 1.62. The zero-order valence-electron chi connectivity index (χ0n) is 11.9. The molecular weight excluding hydrogens is 340 g/mol. The molecule has 8 nitrogen and oxygen atoms in total. The fourth-order valence-corrected chi connectivity index (χ4v) is 3.95. The van der Waals surface area contributed by atoms with Crippen molar-refractivity contribution in [3.05, 3.63) is 33.7 Å². The monoisotopic (exact) mass is 350 g/mol. The van der Waals surface area contributed by atoms with Gasteiger partial charge < -0.3 is 10.6 Å². The van der Waals surface area contributed by atoms with E-state index in [1.165, 1.54) is 18.4 Å². The molecule has 0 radical (unpaired) electrons. The average Bonchev–Trinajstić information content (AvgIpc) is 3.19. The summed E-state index contributed by atoms with van der Waals surface area (Å²) in [6, 6.07) is 0. The van der Waals surface area contributed by atoms with E-state index < -0.39 is 5.92 Å². The first-order chi connectivity index (χ1) is 11.1. The highest BCUT2D eigenvalue weighted by Crippen LogP contribution is 2.41. The van der Waals surface area contributed by atoms with E-state index in [0.29, 0.717) is 27.9 Å². The molecule has 0 spiro atoms. The molecule has 3 aromatic heterocycles. The number of anilines is 1. The van der Waals surface area contributed by atoms with Gasteiger partial charge in [0.2, 0.25) is 5.91 Å². The Balaban J connectivity index is 1.95. The lowest BCUT2D eigenvalue weighted by atomic mass is 9.89. The number of carbonyl (C=O) groups is 2. The summed E-state index contributed by atoms with van der Waals surface area (Å²) >= 11 is 7.75. The van der Waals surface area contributed by atoms with Gasteiger partial charge in [0.25, 0.3) is 5.91 Å². The normalized spacial score (nSPS) is 17.1. The summed E-state index contributed by atoms with van der Waals surface area (Å²) in [5.74, 6) is -0.534. The summed E-state index contributed by atoms with van der Waals surface area (Å²) in [4.78, 5) is 29.2. The molecule has 1 atom stereocenters. The quantitative estimate of drug-likeness (QED) is 0.653. The number of nitrogens with one attached hydrogen (secondary N) is 3. The smallest absolute Gasteiger partial charge is 0.269 e. The molecule has 0 fully saturated rings. The standard InChI is InChI=1S/C13H11ClN6O2S/c1-15-12(22)8-7-5(4-6(21)16-11(7)19-18-8)9-10(14)17-13-20(9)2-3-23-13/h2-3,5H,4H2,1H3,(H,15,22)(H2,16,18,19,21)/t5-/m0/s1. The summed E-state index contributed by atoms with van der Waals surface area (Å²) < 4.78 is 1.85. The van der Waals surface area contributed by atoms with E-state index in [-0.39, 0.29) is 18.2 Å². The predicted molar refractivity (Wildman–Crippen MR) is 85.1 cm³/mol. The van der Waals surface area contributed by atoms with Crippen LogP contribution in [-0.4, -0.2) is 38.4 Å². The lowest BCUT2D eigenvalue weighted by Crippen LogP contribution is -2.27. The number of hydrogen-bond donors (Lipinski definition) is 3. The Morgan fingerprint density at radius 1 is 1.57 bits per heavy atom. The minimum Gasteiger partial charge on any atom is -0.354 e. The zero-order valence-corrected chi connectivity index (χ0v) is 13.5. The number of aromatic nitrogens is 4. The van der Waals surface area contributed by atoms with E-state index in [4.69, 9.17) is 11.6 Å². The van der Waals surface area contributed by atoms with Gasteiger partial charge in [-0.05, 0) is 0 Å². The van der Waals surface area contributed by atoms with Crippen LogP contribution in [0.4, 0.5) is 5.82 Å². The Labute approximate surface area is 138 Å². The summed E-state index contributed by atoms with van der Waals surface area (Å²) in [6.07, 6.45) is 2.01. The topological polar surface area (TPSA) is 104 Å². The van der Waals surface area contributed by atoms with Crippen molar-refractivity contribution in [2.45, 2.75) is 12.3 Å². The molecule has 0 unspecified atom stereocenters. The molecule has 0 aliphatic carbocycles. The third kappa shape index (κ3) is 2.04. The molecule has 3 aromatic rings. The lowest BCUT2D eigenvalue weighted by molar-refractivity contribution is -0.116. The Morgan fingerprint density at radius 2 is 2.39 bits per heavy atom. The number of H-pyrrole nitrogens is 1. The number of halogens is 1. The third-order valence-electron chi connectivity index (χ3n) is 3.84. The highest BCUT2D eigenvalue weighted by molar-refractivity contribution is 7.15. The van der Waals surface area contributed by atoms with Gasteiger partial charge in [0, 0.05) is 36.5 Å². The van der Waals surface area contributed by atoms with Crippen LogP contribution in [0.3, 0.4) is 0 Å². The number of imidazole rings is 1. The fraction of sp³-hybridized carbons (Fsp3) is 0.231. The number of nitrogens with zero attached hydrogens (tertiary/aromatic N) is 3. The van der Waals surface area contributed by atoms with Crippen LogP contribution in [0.15, 0.2) is 11.6 Å². The minimum atomic E-state index is -0.401. The number of fused-ring (bicyclic) bond motifs is 2. The van der Waals surface area contributed by atoms with Crippen LogP contribution in [0.25, 0.3) is 4.96 Å². The van der Waals surface area contributed by atoms with E-state index >= 15 is 0 Å². The van der Waals surface area contributed by atoms with Crippen LogP contribution in [0.5, 0.6) is 0 Å². The summed E-state index contributed by atoms with van der Waals surface area (Å²) in [7, 11) is 1.54. The predicted octanol–water partition coefficient (Wildman–Crippen LogP) is 1.61. The van der Waals surface area contributed by atoms with Crippen LogP contribution in [0.1, 0.15) is 34.1 Å². The Hall–Kier alpha value is -2.39. The SMILES string of the molecule is CNC(=O)c1[nH]nc2c1[C@@H](c1c(Cl)nc3sccn13)CC(=O)N2. The maximum absolute atomic E-state index is 12.1. The summed E-state index contributed by atoms with van der Waals surface area (Å²) in [5, 5.41) is 14.2. The highest BCUT2D eigenvalue weighted by atomic mass is 35.5. The van der Waals surface area contributed by atoms with Crippen molar-refractivity contribution in [2.75, 3.05) is 12.4 Å². The Kier molecular flexibility index (Phi) is 3.13. The Bertz CT molecular complexity index is 942. The van der Waals surface area contributed by atoms with Gasteiger partial charge in [-0.2, -0.15) is 5.10 Å². The maximum Gasteiger partial charge on any atom is 0.269 e. The van der Waals surface area contributed by atoms with Gasteiger partial charge in [-0.25, -0.2) is 4.98 Å². The van der Waals surface area contributed by atoms with Crippen molar-refractivity contribution in [3.8, 4) is 0 Å². The van der Waals surface area contributed by atoms with Crippen molar-refractivity contribution < 1.29 is 9.59 Å². The van der Waals surface area contributed by atoms with Crippen molar-refractivity contribution in [1.82, 2.24) is 24.9 Å². The van der Waals surface area contributed by atoms with E-state index in [1.807, 2.05) is 16.0 Å². The largest absolute Gasteiger partial charge is 0.354 e. The average molecular weight is 351 g/mol. The van der Waals surface area contributed by atoms with Crippen LogP contribution in [-0.2, 0) is 4.79 Å². The van der Waals surface area contributed by atoms with Crippen LogP contribution >= 0.6 is 22.9 Å². The van der Waals surface area contributed by atoms with E-state index in [9.17, 15) is 9.59 Å². The van der Waals surface area contributed by atoms with Gasteiger partial charge in [0.15, 0.2) is 15.9 Å². The first-order valence-electron chi connectivity index (χ1n) is 6.81. The first kappa shape index (κ1) is 14.2. The summed E-state index contributed by atoms with van der Waals surface area (Å²) in [6.45, 7) is 0. The molecule has 3 N–H and O–H groups in total. The molecular formula is C13H11ClN6O2S. The minimum absolute atomic E-state index is 0.167. The van der Waals surface area contributed by atoms with Crippen molar-refractivity contribution in [2.24, 2.45) is 0 Å². The van der Waals surface area contributed by atoms with Crippen molar-refractivity contribution in [1.29, 1.82) is 0 Å². The first-order valence-corrected chi connectivity index (χ1v) is 8.07. The fourth-order valence-electron chi connectivity index (χ4n) is 2.88. The van der Waals surface area contributed by atoms with Crippen LogP contribution in [0, 0.1) is 0 Å². The van der Waals surface area contributed by atoms with Crippen LogP contribution in [0.2, 0.25) is 5.15 Å². The van der Waals surface area contributed by atoms with Crippen molar-refractivity contribution >= 4 is 45.5 Å². The van der Waals surface area contributed by atoms with Crippen LogP contribution < -0.4 is 10.6 Å². The molecule has 0 saturated heterocycles. The van der Waals surface area contributed by atoms with E-state index in [1.54, 1.807) is 0 Å². The number of carbonyl (C=O) groups excluding carboxylic acids is 2. The molecule has 118 valence electrons. The highest BCUT2D eigenvalue weighted by Gasteiger charge is 2.36. The molecule has 23 heavy (non-hydrogen) atoms. The molecule has 0 saturated carbocycles. The van der Waals surface area contributed by atoms with Gasteiger partial charge in [-0.1, -0.05) is 11.6 Å². The van der Waals surface area contributed by atoms with Gasteiger partial charge >= 0.3 is 0 Å². The lowest BCUT2D eigenvalue weighted by Gasteiger charge is -2.22. The maximum atomic E-state index is 12.1. The number of amides is 2. The van der Waals surface area contributed by atoms with Crippen molar-refractivity contribution in [3.63, 3.8) is 0 Å². The van der Waals surface area contributed by atoms with Gasteiger partial charge in [-0.15, -0.1) is 11.3 Å². The molecule has 1 aliphatic rings.